The molecule has 1 heterocycles. The van der Waals surface area contributed by atoms with Crippen LogP contribution in [-0.4, -0.2) is 11.3 Å². The van der Waals surface area contributed by atoms with Crippen molar-refractivity contribution in [3.63, 3.8) is 0 Å². The Morgan fingerprint density at radius 3 is 2.92 bits per heavy atom. The van der Waals surface area contributed by atoms with Crippen LogP contribution in [0.1, 0.15) is 18.1 Å². The number of phenolic OH excluding ortho intramolecular Hbond substituents is 1. The van der Waals surface area contributed by atoms with Gasteiger partial charge in [-0.05, 0) is 6.07 Å². The lowest BCUT2D eigenvalue weighted by molar-refractivity contribution is 0.0838. The maximum atomic E-state index is 9.44. The molecule has 0 aromatic heterocycles. The van der Waals surface area contributed by atoms with Gasteiger partial charge in [-0.15, -0.1) is 0 Å². The second-order valence-electron chi connectivity index (χ2n) is 2.68. The van der Waals surface area contributed by atoms with Crippen molar-refractivity contribution in [2.24, 2.45) is 5.16 Å². The lowest BCUT2D eigenvalue weighted by atomic mass is 10.1. The number of nitrogens with zero attached hydrogens (tertiary/aromatic N) is 1. The predicted octanol–water partition coefficient (Wildman–Crippen LogP) is 1.84. The van der Waals surface area contributed by atoms with Gasteiger partial charge in [0.2, 0.25) is 0 Å². The fraction of sp³-hybridized carbons (Fsp3) is 0.222. The third-order valence-electron chi connectivity index (χ3n) is 1.87. The highest BCUT2D eigenvalue weighted by Gasteiger charge is 2.18. The summed E-state index contributed by atoms with van der Waals surface area (Å²) in [7, 11) is 0. The largest absolute Gasteiger partial charge is 0.508 e. The zero-order chi connectivity index (χ0) is 8.39. The molecule has 0 amide bonds. The van der Waals surface area contributed by atoms with Gasteiger partial charge in [-0.2, -0.15) is 0 Å². The van der Waals surface area contributed by atoms with Crippen LogP contribution >= 0.6 is 0 Å². The van der Waals surface area contributed by atoms with Crippen LogP contribution in [0.15, 0.2) is 29.4 Å². The van der Waals surface area contributed by atoms with Crippen LogP contribution < -0.4 is 0 Å². The number of aromatic hydroxyl groups is 1. The molecule has 3 nitrogen and oxygen atoms in total. The quantitative estimate of drug-likeness (QED) is 0.686. The van der Waals surface area contributed by atoms with Crippen LogP contribution in [0, 0.1) is 0 Å². The van der Waals surface area contributed by atoms with Gasteiger partial charge in [-0.1, -0.05) is 23.4 Å². The van der Waals surface area contributed by atoms with Gasteiger partial charge in [-0.25, -0.2) is 0 Å². The molecule has 1 aromatic rings. The number of benzene rings is 1. The Balaban J connectivity index is 2.27. The number of phenols is 1. The van der Waals surface area contributed by atoms with Crippen LogP contribution in [0.4, 0.5) is 0 Å². The maximum Gasteiger partial charge on any atom is 0.161 e. The van der Waals surface area contributed by atoms with E-state index in [9.17, 15) is 5.11 Å². The first kappa shape index (κ1) is 7.16. The lowest BCUT2D eigenvalue weighted by Crippen LogP contribution is -1.95. The first-order chi connectivity index (χ1) is 5.88. The van der Waals surface area contributed by atoms with E-state index in [-0.39, 0.29) is 11.9 Å². The molecule has 0 bridgehead atoms. The third kappa shape index (κ3) is 1.13. The summed E-state index contributed by atoms with van der Waals surface area (Å²) in [4.78, 5) is 5.03. The Kier molecular flexibility index (Phi) is 1.70. The summed E-state index contributed by atoms with van der Waals surface area (Å²) in [5.41, 5.74) is 0.801. The highest BCUT2D eigenvalue weighted by atomic mass is 16.6. The number of oxime groups is 1. The molecule has 3 heteroatoms. The van der Waals surface area contributed by atoms with Gasteiger partial charge in [0.25, 0.3) is 0 Å². The molecule has 2 rings (SSSR count). The minimum absolute atomic E-state index is 0.105. The molecule has 0 radical (unpaired) electrons. The lowest BCUT2D eigenvalue weighted by Gasteiger charge is -2.09. The van der Waals surface area contributed by atoms with E-state index < -0.39 is 0 Å². The Morgan fingerprint density at radius 1 is 1.42 bits per heavy atom. The summed E-state index contributed by atoms with van der Waals surface area (Å²) in [6.07, 6.45) is 2.33. The molecule has 0 spiro atoms. The Morgan fingerprint density at radius 2 is 2.25 bits per heavy atom. The molecule has 0 saturated heterocycles. The molecule has 12 heavy (non-hydrogen) atoms. The van der Waals surface area contributed by atoms with E-state index in [0.717, 1.165) is 12.0 Å². The summed E-state index contributed by atoms with van der Waals surface area (Å²) >= 11 is 0. The minimum Gasteiger partial charge on any atom is -0.508 e. The first-order valence-electron chi connectivity index (χ1n) is 3.83. The molecule has 62 valence electrons. The molecule has 0 fully saturated rings. The molecule has 1 atom stereocenters. The van der Waals surface area contributed by atoms with Crippen LogP contribution in [-0.2, 0) is 4.84 Å². The molecule has 1 aromatic carbocycles. The second kappa shape index (κ2) is 2.85. The van der Waals surface area contributed by atoms with Crippen molar-refractivity contribution < 1.29 is 9.94 Å². The van der Waals surface area contributed by atoms with Crippen molar-refractivity contribution in [2.75, 3.05) is 0 Å². The van der Waals surface area contributed by atoms with E-state index in [1.165, 1.54) is 0 Å². The molecule has 0 aliphatic carbocycles. The zero-order valence-corrected chi connectivity index (χ0v) is 6.47. The third-order valence-corrected chi connectivity index (χ3v) is 1.87. The molecular weight excluding hydrogens is 154 g/mol. The Hall–Kier alpha value is -1.51. The molecule has 1 N–H and O–H groups in total. The van der Waals surface area contributed by atoms with E-state index in [1.54, 1.807) is 18.3 Å². The number of rotatable bonds is 1. The molecule has 1 aliphatic heterocycles. The molecular formula is C9H9NO2. The maximum absolute atomic E-state index is 9.44. The molecule has 1 aliphatic rings. The van der Waals surface area contributed by atoms with Crippen LogP contribution in [0.3, 0.4) is 0 Å². The van der Waals surface area contributed by atoms with Crippen LogP contribution in [0.25, 0.3) is 0 Å². The van der Waals surface area contributed by atoms with Crippen LogP contribution in [0.2, 0.25) is 0 Å². The topological polar surface area (TPSA) is 41.8 Å². The Labute approximate surface area is 70.3 Å². The van der Waals surface area contributed by atoms with E-state index in [1.807, 2.05) is 12.1 Å². The van der Waals surface area contributed by atoms with Gasteiger partial charge in [0.1, 0.15) is 5.75 Å². The van der Waals surface area contributed by atoms with Gasteiger partial charge in [-0.3, -0.25) is 0 Å². The van der Waals surface area contributed by atoms with Crippen molar-refractivity contribution in [2.45, 2.75) is 12.5 Å². The van der Waals surface area contributed by atoms with Gasteiger partial charge in [0, 0.05) is 18.2 Å². The van der Waals surface area contributed by atoms with Gasteiger partial charge in [0.15, 0.2) is 6.10 Å². The summed E-state index contributed by atoms with van der Waals surface area (Å²) in [5.74, 6) is 0.271. The van der Waals surface area contributed by atoms with E-state index in [4.69, 9.17) is 4.84 Å². The van der Waals surface area contributed by atoms with Gasteiger partial charge in [0.05, 0.1) is 0 Å². The predicted molar refractivity (Wildman–Crippen MR) is 45.0 cm³/mol. The number of hydrogen-bond acceptors (Lipinski definition) is 3. The van der Waals surface area contributed by atoms with Gasteiger partial charge < -0.3 is 9.94 Å². The normalized spacial score (nSPS) is 20.8. The van der Waals surface area contributed by atoms with Crippen molar-refractivity contribution in [1.82, 2.24) is 0 Å². The highest BCUT2D eigenvalue weighted by Crippen LogP contribution is 2.30. The second-order valence-corrected chi connectivity index (χ2v) is 2.68. The van der Waals surface area contributed by atoms with E-state index in [2.05, 4.69) is 5.16 Å². The van der Waals surface area contributed by atoms with Gasteiger partial charge >= 0.3 is 0 Å². The van der Waals surface area contributed by atoms with Crippen LogP contribution in [0.5, 0.6) is 5.75 Å². The molecule has 0 saturated carbocycles. The average Bonchev–Trinajstić information content (AvgIpc) is 2.57. The monoisotopic (exact) mass is 163 g/mol. The van der Waals surface area contributed by atoms with Crippen molar-refractivity contribution >= 4 is 6.21 Å². The first-order valence-corrected chi connectivity index (χ1v) is 3.83. The molecule has 1 unspecified atom stereocenters. The average molecular weight is 163 g/mol. The fourth-order valence-electron chi connectivity index (χ4n) is 1.24. The van der Waals surface area contributed by atoms with E-state index in [0.29, 0.717) is 0 Å². The van der Waals surface area contributed by atoms with E-state index >= 15 is 0 Å². The summed E-state index contributed by atoms with van der Waals surface area (Å²) in [6, 6.07) is 7.15. The highest BCUT2D eigenvalue weighted by molar-refractivity contribution is 5.59. The smallest absolute Gasteiger partial charge is 0.161 e. The fourth-order valence-corrected chi connectivity index (χ4v) is 1.24. The number of para-hydroxylation sites is 1. The standard InChI is InChI=1S/C9H9NO2/c11-8-4-2-1-3-7(8)9-5-6-10-12-9/h1-4,6,9,11H,5H2. The van der Waals surface area contributed by atoms with Crippen molar-refractivity contribution in [3.05, 3.63) is 29.8 Å². The number of hydrogen-bond donors (Lipinski definition) is 1. The summed E-state index contributed by atoms with van der Waals surface area (Å²) < 4.78 is 0. The Bertz CT molecular complexity index is 301. The van der Waals surface area contributed by atoms with Crippen molar-refractivity contribution in [1.29, 1.82) is 0 Å². The summed E-state index contributed by atoms with van der Waals surface area (Å²) in [6.45, 7) is 0. The minimum atomic E-state index is -0.105. The van der Waals surface area contributed by atoms with Crippen molar-refractivity contribution in [3.8, 4) is 5.75 Å². The summed E-state index contributed by atoms with van der Waals surface area (Å²) in [5, 5.41) is 13.1. The SMILES string of the molecule is Oc1ccccc1C1CC=NO1. The zero-order valence-electron chi connectivity index (χ0n) is 6.47.